The lowest BCUT2D eigenvalue weighted by atomic mass is 10.2. The van der Waals surface area contributed by atoms with E-state index in [0.717, 1.165) is 24.2 Å². The quantitative estimate of drug-likeness (QED) is 0.486. The number of sulfonamides is 1. The van der Waals surface area contributed by atoms with E-state index in [4.69, 9.17) is 13.9 Å². The first-order chi connectivity index (χ1) is 14.9. The van der Waals surface area contributed by atoms with E-state index in [2.05, 4.69) is 9.62 Å². The first kappa shape index (κ1) is 22.9. The molecule has 0 saturated heterocycles. The van der Waals surface area contributed by atoms with Crippen molar-refractivity contribution < 1.29 is 22.3 Å². The van der Waals surface area contributed by atoms with Gasteiger partial charge in [0.2, 0.25) is 10.0 Å². The molecule has 2 aromatic carbocycles. The second-order valence-electron chi connectivity index (χ2n) is 7.41. The summed E-state index contributed by atoms with van der Waals surface area (Å²) in [5.74, 6) is 1.30. The molecule has 0 aliphatic carbocycles. The van der Waals surface area contributed by atoms with E-state index in [-0.39, 0.29) is 17.5 Å². The molecule has 0 aliphatic heterocycles. The predicted molar refractivity (Wildman–Crippen MR) is 119 cm³/mol. The molecule has 0 bridgehead atoms. The zero-order valence-corrected chi connectivity index (χ0v) is 18.8. The molecule has 1 heterocycles. The standard InChI is InChI=1S/C23H28N2O5S/c1-18(14-24-31(26,27)23-9-7-21(28-3)8-10-23)30-22-6-4-5-19(13-22)15-25(2)16-20-11-12-29-17-20/h4-13,17-18,24H,14-16H2,1-3H3/t18-/m0/s1. The van der Waals surface area contributed by atoms with Gasteiger partial charge in [-0.2, -0.15) is 0 Å². The molecule has 1 atom stereocenters. The number of rotatable bonds is 11. The van der Waals surface area contributed by atoms with Crippen molar-refractivity contribution in [3.63, 3.8) is 0 Å². The van der Waals surface area contributed by atoms with E-state index in [9.17, 15) is 8.42 Å². The van der Waals surface area contributed by atoms with E-state index in [1.165, 1.54) is 19.2 Å². The summed E-state index contributed by atoms with van der Waals surface area (Å²) in [6.07, 6.45) is 3.07. The van der Waals surface area contributed by atoms with Gasteiger partial charge in [-0.3, -0.25) is 4.90 Å². The summed E-state index contributed by atoms with van der Waals surface area (Å²) in [5.41, 5.74) is 2.22. The highest BCUT2D eigenvalue weighted by atomic mass is 32.2. The molecule has 0 fully saturated rings. The van der Waals surface area contributed by atoms with Crippen molar-refractivity contribution in [2.45, 2.75) is 31.0 Å². The molecule has 31 heavy (non-hydrogen) atoms. The Morgan fingerprint density at radius 3 is 2.45 bits per heavy atom. The number of hydrogen-bond donors (Lipinski definition) is 1. The average Bonchev–Trinajstić information content (AvgIpc) is 3.25. The van der Waals surface area contributed by atoms with Gasteiger partial charge in [0.25, 0.3) is 0 Å². The van der Waals surface area contributed by atoms with Crippen LogP contribution in [-0.4, -0.2) is 40.1 Å². The second kappa shape index (κ2) is 10.5. The fourth-order valence-electron chi connectivity index (χ4n) is 3.12. The number of furan rings is 1. The summed E-state index contributed by atoms with van der Waals surface area (Å²) in [5, 5.41) is 0. The molecule has 3 aromatic rings. The Bertz CT molecular complexity index is 1050. The van der Waals surface area contributed by atoms with Gasteiger partial charge < -0.3 is 13.9 Å². The number of benzene rings is 2. The van der Waals surface area contributed by atoms with Crippen LogP contribution in [0.4, 0.5) is 0 Å². The van der Waals surface area contributed by atoms with Crippen LogP contribution in [-0.2, 0) is 23.1 Å². The number of hydrogen-bond acceptors (Lipinski definition) is 6. The fraction of sp³-hybridized carbons (Fsp3) is 0.304. The molecule has 0 radical (unpaired) electrons. The molecule has 166 valence electrons. The third-order valence-electron chi connectivity index (χ3n) is 4.65. The first-order valence-electron chi connectivity index (χ1n) is 9.94. The van der Waals surface area contributed by atoms with Crippen LogP contribution in [0.25, 0.3) is 0 Å². The maximum atomic E-state index is 12.5. The molecular formula is C23H28N2O5S. The Morgan fingerprint density at radius 2 is 1.77 bits per heavy atom. The van der Waals surface area contributed by atoms with Gasteiger partial charge in [0, 0.05) is 25.2 Å². The van der Waals surface area contributed by atoms with Gasteiger partial charge >= 0.3 is 0 Å². The summed E-state index contributed by atoms with van der Waals surface area (Å²) in [6.45, 7) is 3.51. The maximum Gasteiger partial charge on any atom is 0.240 e. The van der Waals surface area contributed by atoms with Crippen LogP contribution in [0.2, 0.25) is 0 Å². The highest BCUT2D eigenvalue weighted by Gasteiger charge is 2.16. The molecule has 3 rings (SSSR count). The van der Waals surface area contributed by atoms with Crippen molar-refractivity contribution >= 4 is 10.0 Å². The normalized spacial score (nSPS) is 12.6. The van der Waals surface area contributed by atoms with Crippen LogP contribution in [0, 0.1) is 0 Å². The van der Waals surface area contributed by atoms with Gasteiger partial charge in [0.05, 0.1) is 24.5 Å². The Kier molecular flexibility index (Phi) is 7.73. The lowest BCUT2D eigenvalue weighted by molar-refractivity contribution is 0.224. The van der Waals surface area contributed by atoms with E-state index in [1.807, 2.05) is 44.3 Å². The zero-order valence-electron chi connectivity index (χ0n) is 17.9. The minimum absolute atomic E-state index is 0.152. The van der Waals surface area contributed by atoms with Gasteiger partial charge in [-0.25, -0.2) is 13.1 Å². The van der Waals surface area contributed by atoms with Crippen molar-refractivity contribution in [1.82, 2.24) is 9.62 Å². The molecule has 8 heteroatoms. The van der Waals surface area contributed by atoms with E-state index < -0.39 is 10.0 Å². The van der Waals surface area contributed by atoms with E-state index >= 15 is 0 Å². The number of nitrogens with zero attached hydrogens (tertiary/aromatic N) is 1. The smallest absolute Gasteiger partial charge is 0.240 e. The molecule has 0 saturated carbocycles. The van der Waals surface area contributed by atoms with Gasteiger partial charge in [0.15, 0.2) is 0 Å². The number of ether oxygens (including phenoxy) is 2. The third kappa shape index (κ3) is 6.85. The Morgan fingerprint density at radius 1 is 1.03 bits per heavy atom. The van der Waals surface area contributed by atoms with Crippen LogP contribution < -0.4 is 14.2 Å². The monoisotopic (exact) mass is 444 g/mol. The van der Waals surface area contributed by atoms with Crippen molar-refractivity contribution in [3.05, 3.63) is 78.3 Å². The van der Waals surface area contributed by atoms with E-state index in [0.29, 0.717) is 11.5 Å². The molecule has 1 aromatic heterocycles. The van der Waals surface area contributed by atoms with Gasteiger partial charge in [-0.1, -0.05) is 12.1 Å². The third-order valence-corrected chi connectivity index (χ3v) is 6.09. The molecule has 0 spiro atoms. The van der Waals surface area contributed by atoms with Gasteiger partial charge in [-0.15, -0.1) is 0 Å². The largest absolute Gasteiger partial charge is 0.497 e. The van der Waals surface area contributed by atoms with Gasteiger partial charge in [0.1, 0.15) is 17.6 Å². The highest BCUT2D eigenvalue weighted by Crippen LogP contribution is 2.18. The zero-order chi connectivity index (χ0) is 22.3. The molecule has 7 nitrogen and oxygen atoms in total. The summed E-state index contributed by atoms with van der Waals surface area (Å²) >= 11 is 0. The summed E-state index contributed by atoms with van der Waals surface area (Å²) in [4.78, 5) is 2.36. The Hall–Kier alpha value is -2.81. The lowest BCUT2D eigenvalue weighted by Crippen LogP contribution is -2.33. The average molecular weight is 445 g/mol. The van der Waals surface area contributed by atoms with Crippen LogP contribution in [0.5, 0.6) is 11.5 Å². The summed E-state index contributed by atoms with van der Waals surface area (Å²) in [6, 6.07) is 16.0. The fourth-order valence-corrected chi connectivity index (χ4v) is 4.23. The first-order valence-corrected chi connectivity index (χ1v) is 11.4. The summed E-state index contributed by atoms with van der Waals surface area (Å²) in [7, 11) is -0.0477. The lowest BCUT2D eigenvalue weighted by Gasteiger charge is -2.18. The van der Waals surface area contributed by atoms with Crippen molar-refractivity contribution in [1.29, 1.82) is 0 Å². The molecule has 0 aliphatic rings. The minimum Gasteiger partial charge on any atom is -0.497 e. The van der Waals surface area contributed by atoms with E-state index in [1.54, 1.807) is 24.7 Å². The maximum absolute atomic E-state index is 12.5. The van der Waals surface area contributed by atoms with Crippen molar-refractivity contribution in [3.8, 4) is 11.5 Å². The predicted octanol–water partition coefficient (Wildman–Crippen LogP) is 3.67. The van der Waals surface area contributed by atoms with Crippen LogP contribution in [0.15, 0.2) is 76.4 Å². The Labute approximate surface area is 183 Å². The molecule has 1 N–H and O–H groups in total. The SMILES string of the molecule is COc1ccc(S(=O)(=O)NC[C@H](C)Oc2cccc(CN(C)Cc3ccoc3)c2)cc1. The minimum atomic E-state index is -3.62. The molecular weight excluding hydrogens is 416 g/mol. The van der Waals surface area contributed by atoms with Crippen LogP contribution in [0.1, 0.15) is 18.1 Å². The highest BCUT2D eigenvalue weighted by molar-refractivity contribution is 7.89. The number of nitrogens with one attached hydrogen (secondary N) is 1. The number of methoxy groups -OCH3 is 1. The Balaban J connectivity index is 1.52. The topological polar surface area (TPSA) is 81.0 Å². The van der Waals surface area contributed by atoms with Crippen molar-refractivity contribution in [2.75, 3.05) is 20.7 Å². The van der Waals surface area contributed by atoms with Gasteiger partial charge in [-0.05, 0) is 62.0 Å². The summed E-state index contributed by atoms with van der Waals surface area (Å²) < 4.78 is 43.6. The van der Waals surface area contributed by atoms with Crippen molar-refractivity contribution in [2.24, 2.45) is 0 Å². The van der Waals surface area contributed by atoms with Crippen LogP contribution in [0.3, 0.4) is 0 Å². The second-order valence-corrected chi connectivity index (χ2v) is 9.17. The molecule has 0 unspecified atom stereocenters. The molecule has 0 amide bonds. The van der Waals surface area contributed by atoms with Crippen LogP contribution >= 0.6 is 0 Å².